The third-order valence-corrected chi connectivity index (χ3v) is 2.88. The van der Waals surface area contributed by atoms with Crippen LogP contribution in [-0.4, -0.2) is 0 Å². The number of nitrogens with zero attached hydrogens (tertiary/aromatic N) is 1. The number of hydrogen-bond acceptors (Lipinski definition) is 0. The monoisotopic (exact) mass is 206 g/mol. The summed E-state index contributed by atoms with van der Waals surface area (Å²) in [5, 5.41) is 0. The minimum Gasteiger partial charge on any atom is -0.208 e. The summed E-state index contributed by atoms with van der Waals surface area (Å²) in [6.45, 7) is 4.52. The fourth-order valence-corrected chi connectivity index (χ4v) is 1.89. The van der Waals surface area contributed by atoms with Crippen LogP contribution < -0.4 is 4.57 Å². The van der Waals surface area contributed by atoms with Crippen LogP contribution in [0.25, 0.3) is 0 Å². The molecule has 0 saturated heterocycles. The highest BCUT2D eigenvalue weighted by atomic mass is 14.9. The van der Waals surface area contributed by atoms with Gasteiger partial charge in [-0.25, -0.2) is 4.57 Å². The quantitative estimate of drug-likeness (QED) is 0.629. The van der Waals surface area contributed by atoms with Gasteiger partial charge in [-0.1, -0.05) is 26.7 Å². The van der Waals surface area contributed by atoms with Gasteiger partial charge in [0.15, 0.2) is 12.4 Å². The summed E-state index contributed by atoms with van der Waals surface area (Å²) in [5.41, 5.74) is 3.11. The van der Waals surface area contributed by atoms with Crippen molar-refractivity contribution in [3.05, 3.63) is 29.6 Å². The molecular weight excluding hydrogens is 182 g/mol. The van der Waals surface area contributed by atoms with E-state index in [-0.39, 0.29) is 0 Å². The molecule has 1 nitrogen and oxygen atoms in total. The molecule has 0 aromatic carbocycles. The van der Waals surface area contributed by atoms with Crippen molar-refractivity contribution >= 4 is 0 Å². The maximum atomic E-state index is 2.29. The first-order valence-corrected chi connectivity index (χ1v) is 6.25. The third kappa shape index (κ3) is 4.03. The first kappa shape index (κ1) is 12.2. The number of hydrogen-bond donors (Lipinski definition) is 0. The van der Waals surface area contributed by atoms with E-state index in [1.807, 2.05) is 0 Å². The predicted molar refractivity (Wildman–Crippen MR) is 64.8 cm³/mol. The predicted octanol–water partition coefficient (Wildman–Crippen LogP) is 3.20. The van der Waals surface area contributed by atoms with Crippen molar-refractivity contribution < 1.29 is 4.57 Å². The number of aromatic nitrogens is 1. The fraction of sp³-hybridized carbons (Fsp3) is 0.643. The van der Waals surface area contributed by atoms with Gasteiger partial charge in [0.05, 0.1) is 0 Å². The first-order valence-electron chi connectivity index (χ1n) is 6.25. The van der Waals surface area contributed by atoms with Crippen molar-refractivity contribution in [2.45, 2.75) is 52.4 Å². The van der Waals surface area contributed by atoms with E-state index in [1.54, 1.807) is 11.1 Å². The largest absolute Gasteiger partial charge is 0.208 e. The summed E-state index contributed by atoms with van der Waals surface area (Å²) in [7, 11) is 2.11. The van der Waals surface area contributed by atoms with Crippen molar-refractivity contribution in [1.82, 2.24) is 0 Å². The zero-order chi connectivity index (χ0) is 11.1. The summed E-state index contributed by atoms with van der Waals surface area (Å²) < 4.78 is 2.17. The van der Waals surface area contributed by atoms with Crippen LogP contribution in [0.4, 0.5) is 0 Å². The highest BCUT2D eigenvalue weighted by molar-refractivity contribution is 5.21. The molecule has 0 bridgehead atoms. The second kappa shape index (κ2) is 6.60. The summed E-state index contributed by atoms with van der Waals surface area (Å²) >= 11 is 0. The summed E-state index contributed by atoms with van der Waals surface area (Å²) in [4.78, 5) is 0. The molecule has 84 valence electrons. The molecule has 0 amide bonds. The maximum Gasteiger partial charge on any atom is 0.171 e. The average molecular weight is 206 g/mol. The van der Waals surface area contributed by atoms with Crippen LogP contribution in [-0.2, 0) is 19.9 Å². The first-order chi connectivity index (χ1) is 7.27. The van der Waals surface area contributed by atoms with Gasteiger partial charge in [0.25, 0.3) is 0 Å². The van der Waals surface area contributed by atoms with Crippen LogP contribution in [0.2, 0.25) is 0 Å². The van der Waals surface area contributed by atoms with Crippen LogP contribution >= 0.6 is 0 Å². The van der Waals surface area contributed by atoms with Gasteiger partial charge in [0.2, 0.25) is 0 Å². The van der Waals surface area contributed by atoms with Crippen molar-refractivity contribution in [2.75, 3.05) is 0 Å². The highest BCUT2D eigenvalue weighted by Gasteiger charge is 2.06. The van der Waals surface area contributed by atoms with Crippen molar-refractivity contribution in [3.63, 3.8) is 0 Å². The molecule has 0 unspecified atom stereocenters. The Morgan fingerprint density at radius 2 is 1.60 bits per heavy atom. The topological polar surface area (TPSA) is 3.88 Å². The molecule has 15 heavy (non-hydrogen) atoms. The van der Waals surface area contributed by atoms with Gasteiger partial charge in [-0.15, -0.1) is 0 Å². The Morgan fingerprint density at radius 3 is 2.20 bits per heavy atom. The van der Waals surface area contributed by atoms with Gasteiger partial charge in [-0.3, -0.25) is 0 Å². The normalized spacial score (nSPS) is 10.6. The van der Waals surface area contributed by atoms with Crippen molar-refractivity contribution in [1.29, 1.82) is 0 Å². The van der Waals surface area contributed by atoms with Crippen LogP contribution in [0.15, 0.2) is 18.5 Å². The Kier molecular flexibility index (Phi) is 5.38. The molecule has 0 atom stereocenters. The van der Waals surface area contributed by atoms with Crippen LogP contribution in [0.3, 0.4) is 0 Å². The second-order valence-corrected chi connectivity index (χ2v) is 4.37. The molecule has 0 radical (unpaired) electrons. The van der Waals surface area contributed by atoms with E-state index >= 15 is 0 Å². The minimum absolute atomic E-state index is 1.24. The summed E-state index contributed by atoms with van der Waals surface area (Å²) in [6, 6.07) is 2.29. The van der Waals surface area contributed by atoms with Gasteiger partial charge in [0, 0.05) is 11.6 Å². The Hall–Kier alpha value is -0.850. The van der Waals surface area contributed by atoms with Crippen LogP contribution in [0, 0.1) is 0 Å². The zero-order valence-electron chi connectivity index (χ0n) is 10.4. The fourth-order valence-electron chi connectivity index (χ4n) is 1.89. The lowest BCUT2D eigenvalue weighted by atomic mass is 10.0. The maximum absolute atomic E-state index is 2.29. The molecule has 1 aromatic rings. The standard InChI is InChI=1S/C14H24N/c1-4-6-8-13-10-11-15(3)12-14(13)9-7-5-2/h10-12H,4-9H2,1-3H3/q+1. The summed E-state index contributed by atoms with van der Waals surface area (Å²) in [5.74, 6) is 0. The lowest BCUT2D eigenvalue weighted by molar-refractivity contribution is -0.672. The molecule has 1 heterocycles. The van der Waals surface area contributed by atoms with Gasteiger partial charge in [-0.2, -0.15) is 0 Å². The molecule has 0 spiro atoms. The molecular formula is C14H24N+. The van der Waals surface area contributed by atoms with Crippen LogP contribution in [0.1, 0.15) is 50.7 Å². The Bertz CT molecular complexity index is 291. The number of aryl methyl sites for hydroxylation is 3. The minimum atomic E-state index is 1.24. The van der Waals surface area contributed by atoms with E-state index in [4.69, 9.17) is 0 Å². The number of pyridine rings is 1. The smallest absolute Gasteiger partial charge is 0.171 e. The van der Waals surface area contributed by atoms with Gasteiger partial charge in [-0.05, 0) is 31.2 Å². The highest BCUT2D eigenvalue weighted by Crippen LogP contribution is 2.12. The van der Waals surface area contributed by atoms with Gasteiger partial charge in [0.1, 0.15) is 7.05 Å². The van der Waals surface area contributed by atoms with Crippen molar-refractivity contribution in [3.8, 4) is 0 Å². The molecule has 1 rings (SSSR count). The van der Waals surface area contributed by atoms with Gasteiger partial charge < -0.3 is 0 Å². The van der Waals surface area contributed by atoms with E-state index < -0.39 is 0 Å². The average Bonchev–Trinajstić information content (AvgIpc) is 2.25. The Morgan fingerprint density at radius 1 is 1.00 bits per heavy atom. The van der Waals surface area contributed by atoms with E-state index in [1.165, 1.54) is 38.5 Å². The van der Waals surface area contributed by atoms with Gasteiger partial charge >= 0.3 is 0 Å². The Labute approximate surface area is 94.1 Å². The molecule has 0 saturated carbocycles. The van der Waals surface area contributed by atoms with Crippen LogP contribution in [0.5, 0.6) is 0 Å². The molecule has 0 aliphatic carbocycles. The van der Waals surface area contributed by atoms with E-state index in [0.717, 1.165) is 0 Å². The zero-order valence-corrected chi connectivity index (χ0v) is 10.4. The van der Waals surface area contributed by atoms with Crippen molar-refractivity contribution in [2.24, 2.45) is 7.05 Å². The molecule has 0 fully saturated rings. The lowest BCUT2D eigenvalue weighted by Gasteiger charge is -2.06. The molecule has 1 heteroatoms. The number of rotatable bonds is 6. The molecule has 1 aromatic heterocycles. The van der Waals surface area contributed by atoms with E-state index in [9.17, 15) is 0 Å². The Balaban J connectivity index is 2.73. The van der Waals surface area contributed by atoms with E-state index in [0.29, 0.717) is 0 Å². The van der Waals surface area contributed by atoms with E-state index in [2.05, 4.69) is 43.9 Å². The second-order valence-electron chi connectivity index (χ2n) is 4.37. The SMILES string of the molecule is CCCCc1cc[n+](C)cc1CCCC. The number of unbranched alkanes of at least 4 members (excludes halogenated alkanes) is 2. The molecule has 0 N–H and O–H groups in total. The molecule has 0 aliphatic rings. The summed E-state index contributed by atoms with van der Waals surface area (Å²) in [6.07, 6.45) is 12.1. The lowest BCUT2D eigenvalue weighted by Crippen LogP contribution is -2.27. The molecule has 0 aliphatic heterocycles. The third-order valence-electron chi connectivity index (χ3n) is 2.88.